The summed E-state index contributed by atoms with van der Waals surface area (Å²) < 4.78 is 4.71. The van der Waals surface area contributed by atoms with Crippen molar-refractivity contribution in [3.8, 4) is 0 Å². The molecule has 13 heavy (non-hydrogen) atoms. The Labute approximate surface area is 75.0 Å². The van der Waals surface area contributed by atoms with Gasteiger partial charge in [-0.3, -0.25) is 14.4 Å². The Kier molecular flexibility index (Phi) is 2.46. The summed E-state index contributed by atoms with van der Waals surface area (Å²) in [7, 11) is 0. The van der Waals surface area contributed by atoms with E-state index in [1.165, 1.54) is 26.0 Å². The number of nitrogens with zero attached hydrogens (tertiary/aromatic N) is 1. The molecular formula is C8H9NO4. The summed E-state index contributed by atoms with van der Waals surface area (Å²) in [6.07, 6.45) is 1.70. The summed E-state index contributed by atoms with van der Waals surface area (Å²) in [5, 5.41) is 0. The second-order valence-electron chi connectivity index (χ2n) is 2.59. The molecule has 0 radical (unpaired) electrons. The molecule has 0 aromatic heterocycles. The number of imide groups is 1. The maximum absolute atomic E-state index is 11.0. The van der Waals surface area contributed by atoms with Gasteiger partial charge >= 0.3 is 5.97 Å². The molecule has 0 fully saturated rings. The van der Waals surface area contributed by atoms with Crippen LogP contribution in [0.3, 0.4) is 0 Å². The molecule has 0 saturated heterocycles. The molecule has 1 aliphatic heterocycles. The lowest BCUT2D eigenvalue weighted by Gasteiger charge is -2.20. The molecule has 0 bridgehead atoms. The summed E-state index contributed by atoms with van der Waals surface area (Å²) in [6, 6.07) is 0. The first-order valence-corrected chi connectivity index (χ1v) is 3.71. The molecule has 2 amide bonds. The zero-order valence-electron chi connectivity index (χ0n) is 7.31. The van der Waals surface area contributed by atoms with E-state index in [4.69, 9.17) is 4.74 Å². The summed E-state index contributed by atoms with van der Waals surface area (Å²) in [5.74, 6) is -1.43. The topological polar surface area (TPSA) is 63.7 Å². The van der Waals surface area contributed by atoms with Crippen LogP contribution in [-0.2, 0) is 19.1 Å². The van der Waals surface area contributed by atoms with Crippen molar-refractivity contribution in [3.05, 3.63) is 12.2 Å². The summed E-state index contributed by atoms with van der Waals surface area (Å²) in [5.41, 5.74) is 0. The highest BCUT2D eigenvalue weighted by atomic mass is 16.6. The Morgan fingerprint density at radius 2 is 2.08 bits per heavy atom. The van der Waals surface area contributed by atoms with Crippen LogP contribution in [0, 0.1) is 0 Å². The summed E-state index contributed by atoms with van der Waals surface area (Å²) in [6.45, 7) is 2.45. The third-order valence-electron chi connectivity index (χ3n) is 1.52. The SMILES string of the molecule is CC(=O)O[C@H]1C=CC(=O)N1C(C)=O. The Bertz CT molecular complexity index is 295. The highest BCUT2D eigenvalue weighted by molar-refractivity contribution is 6.02. The molecule has 0 aromatic carbocycles. The van der Waals surface area contributed by atoms with Gasteiger partial charge in [-0.25, -0.2) is 4.90 Å². The number of ether oxygens (including phenoxy) is 1. The zero-order valence-corrected chi connectivity index (χ0v) is 7.31. The fourth-order valence-corrected chi connectivity index (χ4v) is 1.05. The van der Waals surface area contributed by atoms with Gasteiger partial charge in [-0.2, -0.15) is 0 Å². The molecule has 5 nitrogen and oxygen atoms in total. The first-order chi connectivity index (χ1) is 6.02. The van der Waals surface area contributed by atoms with Crippen molar-refractivity contribution in [2.75, 3.05) is 0 Å². The van der Waals surface area contributed by atoms with E-state index in [2.05, 4.69) is 0 Å². The smallest absolute Gasteiger partial charge is 0.304 e. The van der Waals surface area contributed by atoms with E-state index < -0.39 is 24.0 Å². The third-order valence-corrected chi connectivity index (χ3v) is 1.52. The minimum atomic E-state index is -0.873. The highest BCUT2D eigenvalue weighted by Crippen LogP contribution is 2.12. The monoisotopic (exact) mass is 183 g/mol. The van der Waals surface area contributed by atoms with Gasteiger partial charge < -0.3 is 4.74 Å². The average molecular weight is 183 g/mol. The fraction of sp³-hybridized carbons (Fsp3) is 0.375. The maximum atomic E-state index is 11.0. The summed E-state index contributed by atoms with van der Waals surface area (Å²) >= 11 is 0. The minimum absolute atomic E-state index is 0.443. The number of hydrogen-bond acceptors (Lipinski definition) is 4. The van der Waals surface area contributed by atoms with Gasteiger partial charge in [0.15, 0.2) is 0 Å². The molecule has 0 unspecified atom stereocenters. The number of esters is 1. The Morgan fingerprint density at radius 1 is 1.46 bits per heavy atom. The van der Waals surface area contributed by atoms with E-state index in [0.717, 1.165) is 4.90 Å². The molecule has 70 valence electrons. The average Bonchev–Trinajstić information content (AvgIpc) is 2.30. The lowest BCUT2D eigenvalue weighted by molar-refractivity contribution is -0.160. The molecule has 5 heteroatoms. The third kappa shape index (κ3) is 1.93. The van der Waals surface area contributed by atoms with Crippen LogP contribution in [0.5, 0.6) is 0 Å². The van der Waals surface area contributed by atoms with Gasteiger partial charge in [0.25, 0.3) is 5.91 Å². The van der Waals surface area contributed by atoms with Crippen LogP contribution in [-0.4, -0.2) is 28.9 Å². The Balaban J connectivity index is 2.75. The molecule has 1 heterocycles. The van der Waals surface area contributed by atoms with Crippen LogP contribution >= 0.6 is 0 Å². The number of rotatable bonds is 1. The van der Waals surface area contributed by atoms with Crippen LogP contribution in [0.25, 0.3) is 0 Å². The molecular weight excluding hydrogens is 174 g/mol. The van der Waals surface area contributed by atoms with E-state index in [-0.39, 0.29) is 0 Å². The number of carbonyl (C=O) groups is 3. The number of hydrogen-bond donors (Lipinski definition) is 0. The maximum Gasteiger partial charge on any atom is 0.304 e. The van der Waals surface area contributed by atoms with E-state index in [9.17, 15) is 14.4 Å². The van der Waals surface area contributed by atoms with E-state index >= 15 is 0 Å². The van der Waals surface area contributed by atoms with Gasteiger partial charge in [-0.15, -0.1) is 0 Å². The fourth-order valence-electron chi connectivity index (χ4n) is 1.05. The van der Waals surface area contributed by atoms with Crippen molar-refractivity contribution in [1.82, 2.24) is 4.90 Å². The van der Waals surface area contributed by atoms with E-state index in [1.807, 2.05) is 0 Å². The van der Waals surface area contributed by atoms with Crippen LogP contribution in [0.15, 0.2) is 12.2 Å². The van der Waals surface area contributed by atoms with Crippen LogP contribution < -0.4 is 0 Å². The van der Waals surface area contributed by atoms with Gasteiger partial charge in [0, 0.05) is 19.9 Å². The van der Waals surface area contributed by atoms with Gasteiger partial charge in [-0.05, 0) is 6.08 Å². The first kappa shape index (κ1) is 9.44. The predicted molar refractivity (Wildman–Crippen MR) is 42.2 cm³/mol. The number of amides is 2. The van der Waals surface area contributed by atoms with Gasteiger partial charge in [-0.1, -0.05) is 0 Å². The lowest BCUT2D eigenvalue weighted by Crippen LogP contribution is -2.40. The normalized spacial score (nSPS) is 20.6. The quantitative estimate of drug-likeness (QED) is 0.529. The molecule has 1 rings (SSSR count). The van der Waals surface area contributed by atoms with Crippen LogP contribution in [0.1, 0.15) is 13.8 Å². The van der Waals surface area contributed by atoms with E-state index in [1.54, 1.807) is 0 Å². The Hall–Kier alpha value is -1.65. The highest BCUT2D eigenvalue weighted by Gasteiger charge is 2.31. The second-order valence-corrected chi connectivity index (χ2v) is 2.59. The zero-order chi connectivity index (χ0) is 10.0. The second kappa shape index (κ2) is 3.38. The minimum Gasteiger partial charge on any atom is -0.437 e. The molecule has 0 spiro atoms. The summed E-state index contributed by atoms with van der Waals surface area (Å²) in [4.78, 5) is 33.4. The molecule has 0 aromatic rings. The van der Waals surface area contributed by atoms with Crippen molar-refractivity contribution in [2.24, 2.45) is 0 Å². The molecule has 0 aliphatic carbocycles. The predicted octanol–water partition coefficient (Wildman–Crippen LogP) is -0.180. The standard InChI is InChI=1S/C8H9NO4/c1-5(10)9-7(12)3-4-8(9)13-6(2)11/h3-4,8H,1-2H3/t8-/m0/s1. The van der Waals surface area contributed by atoms with Crippen molar-refractivity contribution in [2.45, 2.75) is 20.1 Å². The molecule has 0 N–H and O–H groups in total. The van der Waals surface area contributed by atoms with Crippen LogP contribution in [0.4, 0.5) is 0 Å². The van der Waals surface area contributed by atoms with Crippen molar-refractivity contribution in [1.29, 1.82) is 0 Å². The number of carbonyl (C=O) groups excluding carboxylic acids is 3. The largest absolute Gasteiger partial charge is 0.437 e. The lowest BCUT2D eigenvalue weighted by atomic mass is 10.5. The van der Waals surface area contributed by atoms with Gasteiger partial charge in [0.2, 0.25) is 12.1 Å². The molecule has 1 aliphatic rings. The van der Waals surface area contributed by atoms with E-state index in [0.29, 0.717) is 0 Å². The first-order valence-electron chi connectivity index (χ1n) is 3.71. The van der Waals surface area contributed by atoms with Crippen LogP contribution in [0.2, 0.25) is 0 Å². The van der Waals surface area contributed by atoms with Crippen molar-refractivity contribution >= 4 is 17.8 Å². The molecule has 1 atom stereocenters. The van der Waals surface area contributed by atoms with Crippen molar-refractivity contribution < 1.29 is 19.1 Å². The molecule has 0 saturated carbocycles. The Morgan fingerprint density at radius 3 is 2.54 bits per heavy atom. The van der Waals surface area contributed by atoms with Gasteiger partial charge in [0.05, 0.1) is 0 Å². The van der Waals surface area contributed by atoms with Crippen molar-refractivity contribution in [3.63, 3.8) is 0 Å². The van der Waals surface area contributed by atoms with Gasteiger partial charge in [0.1, 0.15) is 0 Å².